The molecule has 23 heavy (non-hydrogen) atoms. The SMILES string of the molecule is CC1CCCC(C(=O)NCc2ccc(C(C)N)cc2)C1.CCC. The van der Waals surface area contributed by atoms with E-state index in [9.17, 15) is 4.79 Å². The zero-order chi connectivity index (χ0) is 17.2. The number of rotatable bonds is 4. The summed E-state index contributed by atoms with van der Waals surface area (Å²) in [6.45, 7) is 9.08. The van der Waals surface area contributed by atoms with Gasteiger partial charge in [0.2, 0.25) is 5.91 Å². The molecule has 1 fully saturated rings. The molecule has 0 bridgehead atoms. The van der Waals surface area contributed by atoms with Crippen molar-refractivity contribution in [1.29, 1.82) is 0 Å². The molecule has 0 aliphatic heterocycles. The highest BCUT2D eigenvalue weighted by molar-refractivity contribution is 5.78. The lowest BCUT2D eigenvalue weighted by atomic mass is 9.82. The highest BCUT2D eigenvalue weighted by atomic mass is 16.1. The minimum atomic E-state index is 0.0577. The molecule has 1 amide bonds. The lowest BCUT2D eigenvalue weighted by molar-refractivity contribution is -0.126. The predicted molar refractivity (Wildman–Crippen MR) is 98.0 cm³/mol. The van der Waals surface area contributed by atoms with Crippen molar-refractivity contribution < 1.29 is 4.79 Å². The molecule has 1 aliphatic rings. The van der Waals surface area contributed by atoms with E-state index in [1.165, 1.54) is 19.3 Å². The van der Waals surface area contributed by atoms with Gasteiger partial charge in [0.15, 0.2) is 0 Å². The molecular formula is C20H34N2O. The fourth-order valence-corrected chi connectivity index (χ4v) is 2.94. The van der Waals surface area contributed by atoms with E-state index in [1.54, 1.807) is 0 Å². The number of carbonyl (C=O) groups is 1. The van der Waals surface area contributed by atoms with Crippen LogP contribution in [0.3, 0.4) is 0 Å². The van der Waals surface area contributed by atoms with Gasteiger partial charge in [-0.25, -0.2) is 0 Å². The fourth-order valence-electron chi connectivity index (χ4n) is 2.94. The molecule has 1 aliphatic carbocycles. The molecule has 3 atom stereocenters. The van der Waals surface area contributed by atoms with Crippen molar-refractivity contribution in [3.05, 3.63) is 35.4 Å². The quantitative estimate of drug-likeness (QED) is 0.854. The smallest absolute Gasteiger partial charge is 0.223 e. The molecule has 0 heterocycles. The molecule has 1 saturated carbocycles. The van der Waals surface area contributed by atoms with Crippen LogP contribution in [0.2, 0.25) is 0 Å². The number of hydrogen-bond acceptors (Lipinski definition) is 2. The molecule has 0 spiro atoms. The predicted octanol–water partition coefficient (Wildman–Crippen LogP) is 4.57. The van der Waals surface area contributed by atoms with Gasteiger partial charge in [-0.15, -0.1) is 0 Å². The summed E-state index contributed by atoms with van der Waals surface area (Å²) in [7, 11) is 0. The van der Waals surface area contributed by atoms with Crippen LogP contribution in [0.25, 0.3) is 0 Å². The van der Waals surface area contributed by atoms with Gasteiger partial charge in [0.25, 0.3) is 0 Å². The van der Waals surface area contributed by atoms with Gasteiger partial charge in [0, 0.05) is 18.5 Å². The van der Waals surface area contributed by atoms with E-state index in [-0.39, 0.29) is 17.9 Å². The van der Waals surface area contributed by atoms with Crippen LogP contribution < -0.4 is 11.1 Å². The standard InChI is InChI=1S/C17H26N2O.C3H8/c1-12-4-3-5-16(10-12)17(20)19-11-14-6-8-15(9-7-14)13(2)18;1-3-2/h6-9,12-13,16H,3-5,10-11,18H2,1-2H3,(H,19,20);3H2,1-2H3. The summed E-state index contributed by atoms with van der Waals surface area (Å²) in [6.07, 6.45) is 5.78. The van der Waals surface area contributed by atoms with Crippen LogP contribution in [0.15, 0.2) is 24.3 Å². The Morgan fingerprint density at radius 1 is 1.26 bits per heavy atom. The number of carbonyl (C=O) groups excluding carboxylic acids is 1. The van der Waals surface area contributed by atoms with Crippen LogP contribution in [-0.2, 0) is 11.3 Å². The molecule has 0 saturated heterocycles. The average molecular weight is 319 g/mol. The van der Waals surface area contributed by atoms with Gasteiger partial charge in [-0.3, -0.25) is 4.79 Å². The highest BCUT2D eigenvalue weighted by Crippen LogP contribution is 2.28. The summed E-state index contributed by atoms with van der Waals surface area (Å²) in [6, 6.07) is 8.22. The van der Waals surface area contributed by atoms with Gasteiger partial charge < -0.3 is 11.1 Å². The maximum absolute atomic E-state index is 12.2. The van der Waals surface area contributed by atoms with Crippen molar-refractivity contribution in [1.82, 2.24) is 5.32 Å². The summed E-state index contributed by atoms with van der Waals surface area (Å²) in [5.74, 6) is 1.11. The molecule has 3 N–H and O–H groups in total. The van der Waals surface area contributed by atoms with E-state index in [2.05, 4.69) is 26.1 Å². The minimum Gasteiger partial charge on any atom is -0.352 e. The number of benzene rings is 1. The molecular weight excluding hydrogens is 284 g/mol. The maximum atomic E-state index is 12.2. The van der Waals surface area contributed by atoms with Crippen molar-refractivity contribution >= 4 is 5.91 Å². The second-order valence-corrected chi connectivity index (χ2v) is 6.92. The molecule has 3 heteroatoms. The molecule has 3 nitrogen and oxygen atoms in total. The van der Waals surface area contributed by atoms with Crippen molar-refractivity contribution in [3.8, 4) is 0 Å². The first-order valence-corrected chi connectivity index (χ1v) is 9.10. The Labute approximate surface area is 142 Å². The highest BCUT2D eigenvalue weighted by Gasteiger charge is 2.24. The maximum Gasteiger partial charge on any atom is 0.223 e. The van der Waals surface area contributed by atoms with Crippen LogP contribution in [0.5, 0.6) is 0 Å². The van der Waals surface area contributed by atoms with E-state index in [0.29, 0.717) is 12.5 Å². The van der Waals surface area contributed by atoms with E-state index in [0.717, 1.165) is 24.0 Å². The van der Waals surface area contributed by atoms with Gasteiger partial charge in [0.1, 0.15) is 0 Å². The Hall–Kier alpha value is -1.35. The number of nitrogens with two attached hydrogens (primary N) is 1. The summed E-state index contributed by atoms with van der Waals surface area (Å²) in [4.78, 5) is 12.2. The summed E-state index contributed by atoms with van der Waals surface area (Å²) >= 11 is 0. The van der Waals surface area contributed by atoms with Crippen LogP contribution in [0.1, 0.15) is 77.0 Å². The first-order valence-electron chi connectivity index (χ1n) is 9.10. The molecule has 2 rings (SSSR count). The lowest BCUT2D eigenvalue weighted by Crippen LogP contribution is -2.33. The largest absolute Gasteiger partial charge is 0.352 e. The Balaban J connectivity index is 0.000000816. The lowest BCUT2D eigenvalue weighted by Gasteiger charge is -2.25. The van der Waals surface area contributed by atoms with E-state index in [1.807, 2.05) is 31.2 Å². The van der Waals surface area contributed by atoms with Crippen LogP contribution >= 0.6 is 0 Å². The monoisotopic (exact) mass is 318 g/mol. The van der Waals surface area contributed by atoms with Crippen LogP contribution in [0.4, 0.5) is 0 Å². The van der Waals surface area contributed by atoms with Gasteiger partial charge in [-0.2, -0.15) is 0 Å². The van der Waals surface area contributed by atoms with Gasteiger partial charge >= 0.3 is 0 Å². The average Bonchev–Trinajstić information content (AvgIpc) is 2.53. The molecule has 130 valence electrons. The zero-order valence-corrected chi connectivity index (χ0v) is 15.3. The van der Waals surface area contributed by atoms with Gasteiger partial charge in [-0.05, 0) is 36.8 Å². The van der Waals surface area contributed by atoms with Crippen molar-refractivity contribution in [3.63, 3.8) is 0 Å². The summed E-state index contributed by atoms with van der Waals surface area (Å²) in [5.41, 5.74) is 8.08. The van der Waals surface area contributed by atoms with Crippen molar-refractivity contribution in [2.45, 2.75) is 72.4 Å². The summed E-state index contributed by atoms with van der Waals surface area (Å²) in [5, 5.41) is 3.07. The van der Waals surface area contributed by atoms with Crippen molar-refractivity contribution in [2.24, 2.45) is 17.6 Å². The van der Waals surface area contributed by atoms with E-state index in [4.69, 9.17) is 5.73 Å². The zero-order valence-electron chi connectivity index (χ0n) is 15.3. The molecule has 1 aromatic carbocycles. The van der Waals surface area contributed by atoms with E-state index >= 15 is 0 Å². The first kappa shape index (κ1) is 19.7. The fraction of sp³-hybridized carbons (Fsp3) is 0.650. The second kappa shape index (κ2) is 10.4. The third kappa shape index (κ3) is 7.17. The molecule has 0 aromatic heterocycles. The number of hydrogen-bond donors (Lipinski definition) is 2. The van der Waals surface area contributed by atoms with Gasteiger partial charge in [0.05, 0.1) is 0 Å². The number of nitrogens with one attached hydrogen (secondary N) is 1. The van der Waals surface area contributed by atoms with Crippen molar-refractivity contribution in [2.75, 3.05) is 0 Å². The Kier molecular flexibility index (Phi) is 8.93. The normalized spacial score (nSPS) is 21.8. The summed E-state index contributed by atoms with van der Waals surface area (Å²) < 4.78 is 0. The third-order valence-corrected chi connectivity index (χ3v) is 4.28. The Morgan fingerprint density at radius 2 is 1.87 bits per heavy atom. The molecule has 3 unspecified atom stereocenters. The van der Waals surface area contributed by atoms with Crippen LogP contribution in [-0.4, -0.2) is 5.91 Å². The first-order chi connectivity index (χ1) is 11.0. The van der Waals surface area contributed by atoms with Crippen LogP contribution in [0, 0.1) is 11.8 Å². The Bertz CT molecular complexity index is 453. The number of amides is 1. The minimum absolute atomic E-state index is 0.0577. The third-order valence-electron chi connectivity index (χ3n) is 4.28. The Morgan fingerprint density at radius 3 is 2.39 bits per heavy atom. The molecule has 0 radical (unpaired) electrons. The molecule has 1 aromatic rings. The van der Waals surface area contributed by atoms with E-state index < -0.39 is 0 Å². The van der Waals surface area contributed by atoms with Gasteiger partial charge in [-0.1, -0.05) is 64.3 Å². The topological polar surface area (TPSA) is 55.1 Å². The second-order valence-electron chi connectivity index (χ2n) is 6.92.